The normalized spacial score (nSPS) is 11.9. The van der Waals surface area contributed by atoms with Crippen LogP contribution < -0.4 is 10.2 Å². The van der Waals surface area contributed by atoms with E-state index < -0.39 is 11.9 Å². The highest BCUT2D eigenvalue weighted by atomic mass is 16.7. The van der Waals surface area contributed by atoms with Crippen molar-refractivity contribution in [3.8, 4) is 11.5 Å². The summed E-state index contributed by atoms with van der Waals surface area (Å²) >= 11 is 0. The van der Waals surface area contributed by atoms with Gasteiger partial charge < -0.3 is 14.7 Å². The molecule has 3 aromatic rings. The van der Waals surface area contributed by atoms with Crippen LogP contribution in [0.15, 0.2) is 70.9 Å². The number of anilines is 1. The molecule has 8 heteroatoms. The number of methoxy groups -OCH3 is 1. The summed E-state index contributed by atoms with van der Waals surface area (Å²) in [6.45, 7) is 11.9. The summed E-state index contributed by atoms with van der Waals surface area (Å²) in [7, 11) is 1.55. The topological polar surface area (TPSA) is 110 Å². The Kier molecular flexibility index (Phi) is 8.01. The third kappa shape index (κ3) is 6.94. The van der Waals surface area contributed by atoms with Crippen LogP contribution >= 0.6 is 0 Å². The largest absolute Gasteiger partial charge is 0.507 e. The van der Waals surface area contributed by atoms with Gasteiger partial charge in [0, 0.05) is 16.7 Å². The van der Waals surface area contributed by atoms with E-state index in [0.29, 0.717) is 39.4 Å². The van der Waals surface area contributed by atoms with Crippen molar-refractivity contribution in [1.82, 2.24) is 0 Å². The van der Waals surface area contributed by atoms with Gasteiger partial charge in [-0.15, -0.1) is 10.2 Å². The van der Waals surface area contributed by atoms with Gasteiger partial charge in [0.05, 0.1) is 24.0 Å². The number of aromatic hydroxyl groups is 1. The Morgan fingerprint density at radius 3 is 1.84 bits per heavy atom. The molecule has 0 bridgehead atoms. The van der Waals surface area contributed by atoms with Crippen molar-refractivity contribution < 1.29 is 24.3 Å². The van der Waals surface area contributed by atoms with Crippen LogP contribution in [0.5, 0.6) is 11.5 Å². The number of amides is 1. The monoisotopic (exact) mass is 503 g/mol. The highest BCUT2D eigenvalue weighted by Crippen LogP contribution is 2.40. The fourth-order valence-electron chi connectivity index (χ4n) is 3.55. The van der Waals surface area contributed by atoms with Gasteiger partial charge in [-0.1, -0.05) is 41.5 Å². The quantitative estimate of drug-likeness (QED) is 0.274. The summed E-state index contributed by atoms with van der Waals surface area (Å²) in [6.07, 6.45) is 0. The number of hydrogen-bond donors (Lipinski definition) is 2. The van der Waals surface area contributed by atoms with E-state index in [9.17, 15) is 14.7 Å². The average Bonchev–Trinajstić information content (AvgIpc) is 2.85. The Hall–Kier alpha value is -4.20. The lowest BCUT2D eigenvalue weighted by Gasteiger charge is -2.27. The highest BCUT2D eigenvalue weighted by molar-refractivity contribution is 5.95. The third-order valence-corrected chi connectivity index (χ3v) is 5.68. The first kappa shape index (κ1) is 27.4. The van der Waals surface area contributed by atoms with E-state index in [4.69, 9.17) is 9.57 Å². The lowest BCUT2D eigenvalue weighted by Crippen LogP contribution is -2.18. The maximum atomic E-state index is 12.9. The summed E-state index contributed by atoms with van der Waals surface area (Å²) in [4.78, 5) is 30.2. The summed E-state index contributed by atoms with van der Waals surface area (Å²) < 4.78 is 5.08. The SMILES string of the molecule is COc1ccc(C(=O)ONc2ccc(N=NC(=O)c3cc(C(C)(C)C)c(O)c(C(C)(C)C)c3)cc2)cc1. The summed E-state index contributed by atoms with van der Waals surface area (Å²) in [6, 6.07) is 16.5. The van der Waals surface area contributed by atoms with E-state index in [1.807, 2.05) is 41.5 Å². The van der Waals surface area contributed by atoms with Gasteiger partial charge in [-0.2, -0.15) is 0 Å². The smallest absolute Gasteiger partial charge is 0.362 e. The van der Waals surface area contributed by atoms with Crippen LogP contribution in [-0.4, -0.2) is 24.1 Å². The molecule has 0 spiro atoms. The molecule has 0 aliphatic carbocycles. The van der Waals surface area contributed by atoms with Crippen LogP contribution in [-0.2, 0) is 15.7 Å². The molecule has 0 heterocycles. The predicted octanol–water partition coefficient (Wildman–Crippen LogP) is 7.10. The van der Waals surface area contributed by atoms with E-state index in [2.05, 4.69) is 15.7 Å². The van der Waals surface area contributed by atoms with Gasteiger partial charge in [0.2, 0.25) is 0 Å². The Bertz CT molecular complexity index is 1260. The molecular weight excluding hydrogens is 470 g/mol. The summed E-state index contributed by atoms with van der Waals surface area (Å²) in [5.41, 5.74) is 4.93. The fraction of sp³-hybridized carbons (Fsp3) is 0.310. The van der Waals surface area contributed by atoms with E-state index in [1.54, 1.807) is 67.8 Å². The van der Waals surface area contributed by atoms with Crippen LogP contribution in [0.4, 0.5) is 11.4 Å². The van der Waals surface area contributed by atoms with Crippen molar-refractivity contribution in [3.05, 3.63) is 82.9 Å². The first-order chi connectivity index (χ1) is 17.3. The van der Waals surface area contributed by atoms with Gasteiger partial charge in [-0.05, 0) is 71.5 Å². The average molecular weight is 504 g/mol. The molecule has 194 valence electrons. The second-order valence-electron chi connectivity index (χ2n) is 10.7. The van der Waals surface area contributed by atoms with Crippen LogP contribution in [0.2, 0.25) is 0 Å². The fourth-order valence-corrected chi connectivity index (χ4v) is 3.55. The maximum absolute atomic E-state index is 12.9. The van der Waals surface area contributed by atoms with Gasteiger partial charge in [0.15, 0.2) is 0 Å². The molecule has 0 saturated carbocycles. The first-order valence-corrected chi connectivity index (χ1v) is 11.8. The summed E-state index contributed by atoms with van der Waals surface area (Å²) in [5.74, 6) is -0.214. The maximum Gasteiger partial charge on any atom is 0.362 e. The standard InChI is InChI=1S/C29H33N3O5/c1-28(2,3)23-16-19(17-24(25(23)33)29(4,5)6)26(34)31-30-20-10-12-21(13-11-20)32-37-27(35)18-8-14-22(36-7)15-9-18/h8-17,32-33H,1-7H3. The minimum Gasteiger partial charge on any atom is -0.507 e. The Morgan fingerprint density at radius 2 is 1.35 bits per heavy atom. The predicted molar refractivity (Wildman–Crippen MR) is 143 cm³/mol. The second-order valence-corrected chi connectivity index (χ2v) is 10.7. The molecule has 2 N–H and O–H groups in total. The molecule has 0 aliphatic heterocycles. The Labute approximate surface area is 217 Å². The third-order valence-electron chi connectivity index (χ3n) is 5.68. The number of hydrogen-bond acceptors (Lipinski definition) is 7. The molecule has 1 amide bonds. The molecule has 3 rings (SSSR count). The molecule has 0 saturated heterocycles. The molecule has 0 unspecified atom stereocenters. The zero-order valence-corrected chi connectivity index (χ0v) is 22.2. The molecule has 8 nitrogen and oxygen atoms in total. The van der Waals surface area contributed by atoms with Gasteiger partial charge in [-0.25, -0.2) is 10.3 Å². The Morgan fingerprint density at radius 1 is 0.811 bits per heavy atom. The van der Waals surface area contributed by atoms with E-state index >= 15 is 0 Å². The van der Waals surface area contributed by atoms with Crippen LogP contribution in [0.3, 0.4) is 0 Å². The number of carbonyl (C=O) groups excluding carboxylic acids is 2. The molecule has 0 aliphatic rings. The lowest BCUT2D eigenvalue weighted by atomic mass is 9.78. The van der Waals surface area contributed by atoms with Crippen molar-refractivity contribution in [2.75, 3.05) is 12.6 Å². The summed E-state index contributed by atoms with van der Waals surface area (Å²) in [5, 5.41) is 18.8. The minimum atomic E-state index is -0.546. The van der Waals surface area contributed by atoms with Crippen LogP contribution in [0.1, 0.15) is 73.4 Å². The lowest BCUT2D eigenvalue weighted by molar-refractivity contribution is 0.0596. The van der Waals surface area contributed by atoms with E-state index in [-0.39, 0.29) is 16.6 Å². The number of phenols is 1. The number of rotatable bonds is 6. The number of carbonyl (C=O) groups is 2. The number of azo groups is 1. The molecule has 37 heavy (non-hydrogen) atoms. The van der Waals surface area contributed by atoms with Crippen molar-refractivity contribution in [2.45, 2.75) is 52.4 Å². The van der Waals surface area contributed by atoms with Crippen molar-refractivity contribution in [3.63, 3.8) is 0 Å². The van der Waals surface area contributed by atoms with Gasteiger partial charge >= 0.3 is 5.97 Å². The van der Waals surface area contributed by atoms with Crippen molar-refractivity contribution >= 4 is 23.3 Å². The molecule has 0 atom stereocenters. The zero-order valence-electron chi connectivity index (χ0n) is 22.2. The minimum absolute atomic E-state index is 0.198. The molecular formula is C29H33N3O5. The first-order valence-electron chi connectivity index (χ1n) is 11.8. The molecule has 3 aromatic carbocycles. The van der Waals surface area contributed by atoms with Gasteiger partial charge in [0.1, 0.15) is 11.5 Å². The number of phenolic OH excluding ortho intramolecular Hbond substituents is 1. The molecule has 0 aromatic heterocycles. The highest BCUT2D eigenvalue weighted by Gasteiger charge is 2.27. The number of nitrogens with one attached hydrogen (secondary N) is 1. The Balaban J connectivity index is 1.70. The van der Waals surface area contributed by atoms with E-state index in [0.717, 1.165) is 0 Å². The molecule has 0 radical (unpaired) electrons. The van der Waals surface area contributed by atoms with Gasteiger partial charge in [-0.3, -0.25) is 4.79 Å². The van der Waals surface area contributed by atoms with Crippen LogP contribution in [0, 0.1) is 0 Å². The van der Waals surface area contributed by atoms with Crippen molar-refractivity contribution in [2.24, 2.45) is 10.2 Å². The number of nitrogens with zero attached hydrogens (tertiary/aromatic N) is 2. The molecule has 0 fully saturated rings. The van der Waals surface area contributed by atoms with Crippen molar-refractivity contribution in [1.29, 1.82) is 0 Å². The van der Waals surface area contributed by atoms with Gasteiger partial charge in [0.25, 0.3) is 5.91 Å². The van der Waals surface area contributed by atoms with Crippen LogP contribution in [0.25, 0.3) is 0 Å². The number of ether oxygens (including phenoxy) is 1. The van der Waals surface area contributed by atoms with E-state index in [1.165, 1.54) is 0 Å². The zero-order chi connectivity index (χ0) is 27.4. The number of benzene rings is 3. The second kappa shape index (κ2) is 10.8.